The molecule has 2 heterocycles. The zero-order valence-corrected chi connectivity index (χ0v) is 21.5. The van der Waals surface area contributed by atoms with Gasteiger partial charge in [0.15, 0.2) is 11.6 Å². The Morgan fingerprint density at radius 3 is 2.50 bits per heavy atom. The summed E-state index contributed by atoms with van der Waals surface area (Å²) >= 11 is 5.92. The molecular formula is C27H29ClF3N5. The van der Waals surface area contributed by atoms with Gasteiger partial charge < -0.3 is 15.5 Å². The molecule has 0 bridgehead atoms. The van der Waals surface area contributed by atoms with Gasteiger partial charge in [0.25, 0.3) is 0 Å². The molecule has 0 atom stereocenters. The predicted octanol–water partition coefficient (Wildman–Crippen LogP) is 6.43. The quantitative estimate of drug-likeness (QED) is 0.379. The molecular weight excluding hydrogens is 487 g/mol. The van der Waals surface area contributed by atoms with E-state index in [1.165, 1.54) is 24.4 Å². The highest BCUT2D eigenvalue weighted by atomic mass is 35.5. The highest BCUT2D eigenvalue weighted by molar-refractivity contribution is 6.30. The van der Waals surface area contributed by atoms with Gasteiger partial charge in [-0.2, -0.15) is 5.26 Å². The molecule has 3 aromatic rings. The maximum absolute atomic E-state index is 15.3. The van der Waals surface area contributed by atoms with Crippen molar-refractivity contribution in [1.82, 2.24) is 10.3 Å². The van der Waals surface area contributed by atoms with Gasteiger partial charge in [0.2, 0.25) is 0 Å². The minimum absolute atomic E-state index is 0.00875. The van der Waals surface area contributed by atoms with Crippen LogP contribution in [0.3, 0.4) is 0 Å². The molecule has 5 nitrogen and oxygen atoms in total. The number of aromatic nitrogens is 1. The third-order valence-electron chi connectivity index (χ3n) is 5.98. The minimum atomic E-state index is -0.691. The summed E-state index contributed by atoms with van der Waals surface area (Å²) in [6.45, 7) is 9.01. The Kier molecular flexibility index (Phi) is 9.19. The number of anilines is 3. The molecule has 4 rings (SSSR count). The number of hydrogen-bond acceptors (Lipinski definition) is 5. The maximum Gasteiger partial charge on any atom is 0.170 e. The van der Waals surface area contributed by atoms with Crippen LogP contribution in [0.2, 0.25) is 5.02 Å². The molecule has 0 spiro atoms. The van der Waals surface area contributed by atoms with E-state index in [0.717, 1.165) is 13.1 Å². The number of halogens is 4. The van der Waals surface area contributed by atoms with Crippen LogP contribution in [-0.4, -0.2) is 30.7 Å². The number of benzene rings is 2. The molecule has 0 saturated carbocycles. The first-order valence-corrected chi connectivity index (χ1v) is 12.2. The average molecular weight is 516 g/mol. The van der Waals surface area contributed by atoms with Crippen molar-refractivity contribution in [3.63, 3.8) is 0 Å². The van der Waals surface area contributed by atoms with E-state index in [1.54, 1.807) is 30.9 Å². The molecule has 2 N–H and O–H groups in total. The van der Waals surface area contributed by atoms with Crippen molar-refractivity contribution in [2.45, 2.75) is 40.2 Å². The Bertz CT molecular complexity index is 1270. The van der Waals surface area contributed by atoms with Gasteiger partial charge in [-0.1, -0.05) is 37.6 Å². The molecule has 1 aliphatic heterocycles. The van der Waals surface area contributed by atoms with Crippen molar-refractivity contribution in [2.24, 2.45) is 0 Å². The van der Waals surface area contributed by atoms with E-state index in [1.807, 2.05) is 19.9 Å². The summed E-state index contributed by atoms with van der Waals surface area (Å²) in [4.78, 5) is 5.98. The number of aryl methyl sites for hydroxylation is 1. The number of pyridine rings is 1. The standard InChI is InChI=1S/C25H23ClF3N5.C2H6/c1-14-8-17(10-30)20(27)9-21(14)34(7-6-16-4-3-5-19(26)24(16)29)22-13-32-25(23(28)15(22)2)33-18-11-31-12-18;1-2/h3-5,8-9,13,18,31H,6-7,11-12H2,1-2H3,(H,32,33);1-2H3. The third-order valence-corrected chi connectivity index (χ3v) is 6.28. The molecule has 9 heteroatoms. The molecule has 1 aliphatic rings. The summed E-state index contributed by atoms with van der Waals surface area (Å²) in [7, 11) is 0. The van der Waals surface area contributed by atoms with E-state index in [9.17, 15) is 14.0 Å². The Labute approximate surface area is 214 Å². The summed E-state index contributed by atoms with van der Waals surface area (Å²) in [6.07, 6.45) is 1.75. The normalized spacial score (nSPS) is 12.8. The average Bonchev–Trinajstić information content (AvgIpc) is 2.85. The lowest BCUT2D eigenvalue weighted by Crippen LogP contribution is -2.51. The Morgan fingerprint density at radius 1 is 1.14 bits per heavy atom. The van der Waals surface area contributed by atoms with Crippen LogP contribution >= 0.6 is 11.6 Å². The van der Waals surface area contributed by atoms with Crippen LogP contribution < -0.4 is 15.5 Å². The Balaban J connectivity index is 0.00000176. The molecule has 1 aromatic heterocycles. The predicted molar refractivity (Wildman–Crippen MR) is 139 cm³/mol. The zero-order chi connectivity index (χ0) is 26.4. The lowest BCUT2D eigenvalue weighted by Gasteiger charge is -2.31. The largest absolute Gasteiger partial charge is 0.362 e. The fourth-order valence-corrected chi connectivity index (χ4v) is 4.11. The topological polar surface area (TPSA) is 64.0 Å². The van der Waals surface area contributed by atoms with Crippen LogP contribution in [0.1, 0.15) is 36.1 Å². The van der Waals surface area contributed by atoms with Gasteiger partial charge in [-0.05, 0) is 49.6 Å². The van der Waals surface area contributed by atoms with Crippen LogP contribution in [0.5, 0.6) is 0 Å². The molecule has 2 aromatic carbocycles. The summed E-state index contributed by atoms with van der Waals surface area (Å²) in [5.74, 6) is -1.57. The number of rotatable bonds is 7. The summed E-state index contributed by atoms with van der Waals surface area (Å²) in [6, 6.07) is 9.35. The van der Waals surface area contributed by atoms with Crippen molar-refractivity contribution in [3.8, 4) is 6.07 Å². The lowest BCUT2D eigenvalue weighted by atomic mass is 10.1. The highest BCUT2D eigenvalue weighted by Gasteiger charge is 2.24. The monoisotopic (exact) mass is 515 g/mol. The molecule has 1 fully saturated rings. The van der Waals surface area contributed by atoms with Crippen molar-refractivity contribution in [3.05, 3.63) is 81.3 Å². The molecule has 0 aliphatic carbocycles. The van der Waals surface area contributed by atoms with Gasteiger partial charge in [0.1, 0.15) is 17.7 Å². The summed E-state index contributed by atoms with van der Waals surface area (Å²) < 4.78 is 44.4. The smallest absolute Gasteiger partial charge is 0.170 e. The van der Waals surface area contributed by atoms with Crippen molar-refractivity contribution < 1.29 is 13.2 Å². The lowest BCUT2D eigenvalue weighted by molar-refractivity contribution is 0.467. The Hall–Kier alpha value is -3.28. The van der Waals surface area contributed by atoms with E-state index in [2.05, 4.69) is 15.6 Å². The van der Waals surface area contributed by atoms with E-state index < -0.39 is 17.5 Å². The highest BCUT2D eigenvalue weighted by Crippen LogP contribution is 2.35. The van der Waals surface area contributed by atoms with Crippen molar-refractivity contribution in [1.29, 1.82) is 5.26 Å². The first-order chi connectivity index (χ1) is 17.3. The first-order valence-electron chi connectivity index (χ1n) is 11.8. The molecule has 0 unspecified atom stereocenters. The zero-order valence-electron chi connectivity index (χ0n) is 20.7. The van der Waals surface area contributed by atoms with Crippen LogP contribution in [-0.2, 0) is 6.42 Å². The van der Waals surface area contributed by atoms with Crippen LogP contribution in [0.25, 0.3) is 0 Å². The van der Waals surface area contributed by atoms with E-state index in [-0.39, 0.29) is 35.4 Å². The maximum atomic E-state index is 15.3. The number of hydrogen-bond donors (Lipinski definition) is 2. The van der Waals surface area contributed by atoms with Gasteiger partial charge in [-0.15, -0.1) is 0 Å². The number of nitrogens with zero attached hydrogens (tertiary/aromatic N) is 3. The summed E-state index contributed by atoms with van der Waals surface area (Å²) in [5, 5.41) is 15.4. The van der Waals surface area contributed by atoms with Gasteiger partial charge in [0.05, 0.1) is 28.5 Å². The van der Waals surface area contributed by atoms with Gasteiger partial charge in [0, 0.05) is 30.9 Å². The molecule has 190 valence electrons. The van der Waals surface area contributed by atoms with Gasteiger partial charge in [-0.25, -0.2) is 18.2 Å². The van der Waals surface area contributed by atoms with E-state index in [4.69, 9.17) is 11.6 Å². The molecule has 36 heavy (non-hydrogen) atoms. The van der Waals surface area contributed by atoms with Gasteiger partial charge in [-0.3, -0.25) is 0 Å². The van der Waals surface area contributed by atoms with E-state index >= 15 is 4.39 Å². The fraction of sp³-hybridized carbons (Fsp3) is 0.333. The van der Waals surface area contributed by atoms with E-state index in [0.29, 0.717) is 28.1 Å². The molecule has 0 radical (unpaired) electrons. The minimum Gasteiger partial charge on any atom is -0.362 e. The van der Waals surface area contributed by atoms with Crippen molar-refractivity contribution in [2.75, 3.05) is 29.9 Å². The molecule has 1 saturated heterocycles. The van der Waals surface area contributed by atoms with Crippen LogP contribution in [0.15, 0.2) is 36.5 Å². The Morgan fingerprint density at radius 2 is 1.86 bits per heavy atom. The van der Waals surface area contributed by atoms with Crippen LogP contribution in [0.4, 0.5) is 30.4 Å². The second-order valence-electron chi connectivity index (χ2n) is 8.28. The fourth-order valence-electron chi connectivity index (χ4n) is 3.92. The molecule has 0 amide bonds. The van der Waals surface area contributed by atoms with Gasteiger partial charge >= 0.3 is 0 Å². The third kappa shape index (κ3) is 5.75. The number of nitrogens with one attached hydrogen (secondary N) is 2. The second-order valence-corrected chi connectivity index (χ2v) is 8.68. The van der Waals surface area contributed by atoms with Crippen molar-refractivity contribution >= 4 is 28.8 Å². The van der Waals surface area contributed by atoms with Crippen LogP contribution in [0, 0.1) is 42.6 Å². The number of nitriles is 1. The second kappa shape index (κ2) is 12.1. The SMILES string of the molecule is CC.Cc1cc(C#N)c(F)cc1N(CCc1cccc(Cl)c1F)c1cnc(NC2CNC2)c(F)c1C. The summed E-state index contributed by atoms with van der Waals surface area (Å²) in [5.41, 5.74) is 2.09. The first kappa shape index (κ1) is 27.3.